The monoisotopic (exact) mass is 377 g/mol. The molecule has 3 aromatic carbocycles. The van der Waals surface area contributed by atoms with Crippen molar-refractivity contribution in [2.45, 2.75) is 17.6 Å². The van der Waals surface area contributed by atoms with Crippen molar-refractivity contribution in [1.29, 1.82) is 0 Å². The standard InChI is InChI=1S/C23H23NO2S/c1-18-6-5-7-21(16-18)26-15-14-24-23(25)20-12-10-19(11-13-20)17-27-22-8-3-2-4-9-22/h2-13,16H,14-15,17H2,1H3,(H,24,25). The Morgan fingerprint density at radius 1 is 0.963 bits per heavy atom. The molecule has 138 valence electrons. The normalized spacial score (nSPS) is 10.4. The topological polar surface area (TPSA) is 38.3 Å². The maximum atomic E-state index is 12.2. The maximum Gasteiger partial charge on any atom is 0.251 e. The highest BCUT2D eigenvalue weighted by atomic mass is 32.2. The minimum Gasteiger partial charge on any atom is -0.492 e. The molecule has 0 aromatic heterocycles. The van der Waals surface area contributed by atoms with E-state index in [1.54, 1.807) is 11.8 Å². The van der Waals surface area contributed by atoms with E-state index in [0.29, 0.717) is 18.7 Å². The lowest BCUT2D eigenvalue weighted by Crippen LogP contribution is -2.28. The van der Waals surface area contributed by atoms with E-state index < -0.39 is 0 Å². The number of ether oxygens (including phenoxy) is 1. The molecular weight excluding hydrogens is 354 g/mol. The van der Waals surface area contributed by atoms with Gasteiger partial charge < -0.3 is 10.1 Å². The van der Waals surface area contributed by atoms with Crippen LogP contribution in [-0.4, -0.2) is 19.1 Å². The minimum atomic E-state index is -0.0786. The number of nitrogens with one attached hydrogen (secondary N) is 1. The second kappa shape index (κ2) is 9.83. The van der Waals surface area contributed by atoms with Crippen molar-refractivity contribution >= 4 is 17.7 Å². The first-order valence-electron chi connectivity index (χ1n) is 8.95. The van der Waals surface area contributed by atoms with Crippen molar-refractivity contribution in [2.24, 2.45) is 0 Å². The van der Waals surface area contributed by atoms with Crippen LogP contribution in [0.4, 0.5) is 0 Å². The Morgan fingerprint density at radius 3 is 2.48 bits per heavy atom. The Kier molecular flexibility index (Phi) is 6.94. The van der Waals surface area contributed by atoms with Crippen LogP contribution in [0.25, 0.3) is 0 Å². The van der Waals surface area contributed by atoms with Crippen LogP contribution in [-0.2, 0) is 5.75 Å². The largest absolute Gasteiger partial charge is 0.492 e. The summed E-state index contributed by atoms with van der Waals surface area (Å²) in [5.74, 6) is 1.63. The van der Waals surface area contributed by atoms with Crippen LogP contribution >= 0.6 is 11.8 Å². The molecular formula is C23H23NO2S. The lowest BCUT2D eigenvalue weighted by Gasteiger charge is -2.09. The smallest absolute Gasteiger partial charge is 0.251 e. The Bertz CT molecular complexity index is 863. The molecule has 0 spiro atoms. The Balaban J connectivity index is 1.42. The zero-order chi connectivity index (χ0) is 18.9. The number of hydrogen-bond donors (Lipinski definition) is 1. The Hall–Kier alpha value is -2.72. The predicted octanol–water partition coefficient (Wildman–Crippen LogP) is 5.10. The molecule has 0 heterocycles. The van der Waals surface area contributed by atoms with Gasteiger partial charge in [-0.2, -0.15) is 0 Å². The maximum absolute atomic E-state index is 12.2. The molecule has 4 heteroatoms. The van der Waals surface area contributed by atoms with Crippen molar-refractivity contribution in [3.63, 3.8) is 0 Å². The second-order valence-electron chi connectivity index (χ2n) is 6.22. The van der Waals surface area contributed by atoms with Gasteiger partial charge in [0, 0.05) is 16.2 Å². The number of aryl methyl sites for hydroxylation is 1. The zero-order valence-corrected chi connectivity index (χ0v) is 16.2. The van der Waals surface area contributed by atoms with Gasteiger partial charge in [-0.3, -0.25) is 4.79 Å². The molecule has 0 unspecified atom stereocenters. The van der Waals surface area contributed by atoms with Crippen LogP contribution < -0.4 is 10.1 Å². The molecule has 0 radical (unpaired) electrons. The third-order valence-electron chi connectivity index (χ3n) is 4.01. The van der Waals surface area contributed by atoms with Gasteiger partial charge in [0.15, 0.2) is 0 Å². The lowest BCUT2D eigenvalue weighted by atomic mass is 10.1. The number of hydrogen-bond acceptors (Lipinski definition) is 3. The molecule has 3 nitrogen and oxygen atoms in total. The van der Waals surface area contributed by atoms with E-state index in [9.17, 15) is 4.79 Å². The Labute approximate surface area is 164 Å². The van der Waals surface area contributed by atoms with Gasteiger partial charge in [-0.25, -0.2) is 0 Å². The fraction of sp³-hybridized carbons (Fsp3) is 0.174. The highest BCUT2D eigenvalue weighted by Crippen LogP contribution is 2.22. The first-order chi connectivity index (χ1) is 13.2. The zero-order valence-electron chi connectivity index (χ0n) is 15.4. The van der Waals surface area contributed by atoms with Crippen LogP contribution in [0.2, 0.25) is 0 Å². The summed E-state index contributed by atoms with van der Waals surface area (Å²) in [4.78, 5) is 13.5. The van der Waals surface area contributed by atoms with E-state index >= 15 is 0 Å². The van der Waals surface area contributed by atoms with Crippen molar-refractivity contribution < 1.29 is 9.53 Å². The quantitative estimate of drug-likeness (QED) is 0.439. The number of benzene rings is 3. The summed E-state index contributed by atoms with van der Waals surface area (Å²) in [7, 11) is 0. The van der Waals surface area contributed by atoms with Crippen LogP contribution in [0, 0.1) is 6.92 Å². The summed E-state index contributed by atoms with van der Waals surface area (Å²) in [5.41, 5.74) is 3.02. The second-order valence-corrected chi connectivity index (χ2v) is 7.27. The van der Waals surface area contributed by atoms with Gasteiger partial charge in [-0.15, -0.1) is 11.8 Å². The molecule has 27 heavy (non-hydrogen) atoms. The predicted molar refractivity (Wildman–Crippen MR) is 111 cm³/mol. The SMILES string of the molecule is Cc1cccc(OCCNC(=O)c2ccc(CSc3ccccc3)cc2)c1. The summed E-state index contributed by atoms with van der Waals surface area (Å²) >= 11 is 1.79. The molecule has 3 rings (SSSR count). The van der Waals surface area contributed by atoms with E-state index in [0.717, 1.165) is 17.1 Å². The number of carbonyl (C=O) groups is 1. The molecule has 3 aromatic rings. The average Bonchev–Trinajstić information content (AvgIpc) is 2.71. The molecule has 0 atom stereocenters. The summed E-state index contributed by atoms with van der Waals surface area (Å²) in [6.07, 6.45) is 0. The van der Waals surface area contributed by atoms with Gasteiger partial charge in [0.1, 0.15) is 12.4 Å². The first-order valence-corrected chi connectivity index (χ1v) is 9.94. The molecule has 0 saturated heterocycles. The van der Waals surface area contributed by atoms with E-state index in [-0.39, 0.29) is 5.91 Å². The van der Waals surface area contributed by atoms with Gasteiger partial charge in [0.25, 0.3) is 5.91 Å². The number of thioether (sulfide) groups is 1. The van der Waals surface area contributed by atoms with E-state index in [2.05, 4.69) is 17.4 Å². The van der Waals surface area contributed by atoms with Crippen molar-refractivity contribution in [3.05, 3.63) is 95.6 Å². The van der Waals surface area contributed by atoms with Crippen LogP contribution in [0.1, 0.15) is 21.5 Å². The molecule has 1 N–H and O–H groups in total. The first kappa shape index (κ1) is 19.1. The van der Waals surface area contributed by atoms with Crippen molar-refractivity contribution in [3.8, 4) is 5.75 Å². The van der Waals surface area contributed by atoms with Gasteiger partial charge in [0.05, 0.1) is 6.54 Å². The number of amides is 1. The van der Waals surface area contributed by atoms with Gasteiger partial charge in [-0.1, -0.05) is 42.5 Å². The minimum absolute atomic E-state index is 0.0786. The summed E-state index contributed by atoms with van der Waals surface area (Å²) in [6.45, 7) is 2.94. The molecule has 0 saturated carbocycles. The third kappa shape index (κ3) is 6.19. The molecule has 0 aliphatic heterocycles. The summed E-state index contributed by atoms with van der Waals surface area (Å²) in [5, 5.41) is 2.89. The lowest BCUT2D eigenvalue weighted by molar-refractivity contribution is 0.0947. The number of carbonyl (C=O) groups excluding carboxylic acids is 1. The molecule has 1 amide bonds. The molecule has 0 bridgehead atoms. The summed E-state index contributed by atoms with van der Waals surface area (Å²) < 4.78 is 5.65. The van der Waals surface area contributed by atoms with Gasteiger partial charge in [-0.05, 0) is 54.4 Å². The fourth-order valence-electron chi connectivity index (χ4n) is 2.58. The van der Waals surface area contributed by atoms with E-state index in [1.807, 2.05) is 73.7 Å². The van der Waals surface area contributed by atoms with E-state index in [4.69, 9.17) is 4.74 Å². The van der Waals surface area contributed by atoms with Gasteiger partial charge in [0.2, 0.25) is 0 Å². The van der Waals surface area contributed by atoms with E-state index in [1.165, 1.54) is 10.5 Å². The molecule has 0 aliphatic carbocycles. The average molecular weight is 378 g/mol. The highest BCUT2D eigenvalue weighted by Gasteiger charge is 2.05. The van der Waals surface area contributed by atoms with Crippen molar-refractivity contribution in [2.75, 3.05) is 13.2 Å². The highest BCUT2D eigenvalue weighted by molar-refractivity contribution is 7.98. The third-order valence-corrected chi connectivity index (χ3v) is 5.09. The van der Waals surface area contributed by atoms with Crippen LogP contribution in [0.3, 0.4) is 0 Å². The number of rotatable bonds is 8. The van der Waals surface area contributed by atoms with Crippen molar-refractivity contribution in [1.82, 2.24) is 5.32 Å². The molecule has 0 aliphatic rings. The van der Waals surface area contributed by atoms with Crippen LogP contribution in [0.5, 0.6) is 5.75 Å². The van der Waals surface area contributed by atoms with Gasteiger partial charge >= 0.3 is 0 Å². The Morgan fingerprint density at radius 2 is 1.74 bits per heavy atom. The van der Waals surface area contributed by atoms with Crippen LogP contribution in [0.15, 0.2) is 83.8 Å². The summed E-state index contributed by atoms with van der Waals surface area (Å²) in [6, 6.07) is 25.9. The fourth-order valence-corrected chi connectivity index (χ4v) is 3.45. The molecule has 0 fully saturated rings.